The second-order valence-electron chi connectivity index (χ2n) is 6.29. The van der Waals surface area contributed by atoms with Crippen LogP contribution in [0.15, 0.2) is 22.7 Å². The summed E-state index contributed by atoms with van der Waals surface area (Å²) in [5, 5.41) is 4.05. The predicted octanol–water partition coefficient (Wildman–Crippen LogP) is 3.29. The lowest BCUT2D eigenvalue weighted by molar-refractivity contribution is 0.378. The van der Waals surface area contributed by atoms with Gasteiger partial charge in [0.25, 0.3) is 5.95 Å². The van der Waals surface area contributed by atoms with Gasteiger partial charge in [-0.25, -0.2) is 8.78 Å². The van der Waals surface area contributed by atoms with Crippen LogP contribution < -0.4 is 4.90 Å². The molecule has 6 heteroatoms. The third-order valence-electron chi connectivity index (χ3n) is 4.37. The van der Waals surface area contributed by atoms with E-state index in [-0.39, 0.29) is 0 Å². The molecule has 1 aliphatic heterocycles. The van der Waals surface area contributed by atoms with Crippen molar-refractivity contribution in [3.05, 3.63) is 41.3 Å². The summed E-state index contributed by atoms with van der Waals surface area (Å²) in [5.74, 6) is 1.16. The molecule has 116 valence electrons. The van der Waals surface area contributed by atoms with E-state index < -0.39 is 11.6 Å². The number of halogens is 2. The molecule has 22 heavy (non-hydrogen) atoms. The highest BCUT2D eigenvalue weighted by Crippen LogP contribution is 2.39. The molecule has 0 radical (unpaired) electrons. The molecule has 0 bridgehead atoms. The van der Waals surface area contributed by atoms with Crippen molar-refractivity contribution in [2.24, 2.45) is 5.92 Å². The molecular formula is C16H17F2N3O. The second-order valence-corrected chi connectivity index (χ2v) is 6.29. The van der Waals surface area contributed by atoms with E-state index >= 15 is 0 Å². The van der Waals surface area contributed by atoms with E-state index in [0.717, 1.165) is 44.3 Å². The maximum absolute atomic E-state index is 13.2. The maximum atomic E-state index is 13.2. The topological polar surface area (TPSA) is 42.2 Å². The molecule has 4 rings (SSSR count). The largest absolute Gasteiger partial charge is 0.338 e. The van der Waals surface area contributed by atoms with E-state index in [1.165, 1.54) is 12.1 Å². The van der Waals surface area contributed by atoms with Crippen LogP contribution in [0.4, 0.5) is 14.7 Å². The fourth-order valence-electron chi connectivity index (χ4n) is 3.09. The van der Waals surface area contributed by atoms with Gasteiger partial charge in [-0.15, -0.1) is 0 Å². The molecule has 1 aromatic heterocycles. The molecule has 1 aromatic carbocycles. The van der Waals surface area contributed by atoms with Crippen LogP contribution in [-0.2, 0) is 6.42 Å². The van der Waals surface area contributed by atoms with Gasteiger partial charge in [0.2, 0.25) is 5.89 Å². The lowest BCUT2D eigenvalue weighted by Crippen LogP contribution is -2.21. The molecular weight excluding hydrogens is 288 g/mol. The number of rotatable bonds is 4. The minimum atomic E-state index is -0.517. The van der Waals surface area contributed by atoms with E-state index in [1.54, 1.807) is 0 Å². The normalized spacial score (nSPS) is 21.5. The van der Waals surface area contributed by atoms with Gasteiger partial charge in [-0.05, 0) is 54.5 Å². The van der Waals surface area contributed by atoms with E-state index in [4.69, 9.17) is 4.52 Å². The van der Waals surface area contributed by atoms with Crippen molar-refractivity contribution in [2.45, 2.75) is 31.6 Å². The van der Waals surface area contributed by atoms with E-state index in [2.05, 4.69) is 15.0 Å². The Morgan fingerprint density at radius 2 is 1.91 bits per heavy atom. The molecule has 0 amide bonds. The number of hydrogen-bond donors (Lipinski definition) is 0. The first kappa shape index (κ1) is 13.7. The van der Waals surface area contributed by atoms with Gasteiger partial charge < -0.3 is 9.42 Å². The molecule has 2 heterocycles. The molecule has 1 saturated carbocycles. The van der Waals surface area contributed by atoms with Crippen LogP contribution in [0.5, 0.6) is 0 Å². The molecule has 1 unspecified atom stereocenters. The van der Waals surface area contributed by atoms with E-state index in [0.29, 0.717) is 29.8 Å². The Morgan fingerprint density at radius 3 is 2.64 bits per heavy atom. The molecule has 0 spiro atoms. The van der Waals surface area contributed by atoms with Gasteiger partial charge in [0.1, 0.15) is 11.6 Å². The second kappa shape index (κ2) is 5.34. The van der Waals surface area contributed by atoms with Crippen molar-refractivity contribution >= 4 is 5.95 Å². The predicted molar refractivity (Wildman–Crippen MR) is 76.7 cm³/mol. The Bertz CT molecular complexity index is 664. The third kappa shape index (κ3) is 2.82. The van der Waals surface area contributed by atoms with Gasteiger partial charge in [-0.1, -0.05) is 0 Å². The van der Waals surface area contributed by atoms with Crippen LogP contribution in [0.3, 0.4) is 0 Å². The molecule has 2 aliphatic rings. The fourth-order valence-corrected chi connectivity index (χ4v) is 3.09. The van der Waals surface area contributed by atoms with Crippen molar-refractivity contribution in [1.82, 2.24) is 10.1 Å². The highest BCUT2D eigenvalue weighted by Gasteiger charge is 2.32. The summed E-state index contributed by atoms with van der Waals surface area (Å²) in [6, 6.07) is 3.72. The van der Waals surface area contributed by atoms with Crippen LogP contribution >= 0.6 is 0 Å². The first-order valence-electron chi connectivity index (χ1n) is 7.71. The minimum absolute atomic E-state index is 0.351. The van der Waals surface area contributed by atoms with Gasteiger partial charge in [-0.2, -0.15) is 4.98 Å². The van der Waals surface area contributed by atoms with Gasteiger partial charge in [-0.3, -0.25) is 0 Å². The average molecular weight is 305 g/mol. The Labute approximate surface area is 127 Å². The molecule has 1 saturated heterocycles. The van der Waals surface area contributed by atoms with E-state index in [9.17, 15) is 8.78 Å². The zero-order chi connectivity index (χ0) is 15.1. The maximum Gasteiger partial charge on any atom is 0.266 e. The zero-order valence-electron chi connectivity index (χ0n) is 12.1. The van der Waals surface area contributed by atoms with E-state index in [1.807, 2.05) is 0 Å². The summed E-state index contributed by atoms with van der Waals surface area (Å²) < 4.78 is 31.8. The van der Waals surface area contributed by atoms with Crippen molar-refractivity contribution in [3.63, 3.8) is 0 Å². The van der Waals surface area contributed by atoms with Gasteiger partial charge in [0, 0.05) is 25.1 Å². The van der Waals surface area contributed by atoms with Crippen LogP contribution in [-0.4, -0.2) is 23.2 Å². The Morgan fingerprint density at radius 1 is 1.14 bits per heavy atom. The third-order valence-corrected chi connectivity index (χ3v) is 4.37. The first-order valence-corrected chi connectivity index (χ1v) is 7.71. The molecule has 2 aromatic rings. The van der Waals surface area contributed by atoms with Gasteiger partial charge >= 0.3 is 0 Å². The number of anilines is 1. The summed E-state index contributed by atoms with van der Waals surface area (Å²) in [6.07, 6.45) is 3.90. The standard InChI is InChI=1S/C16H17F2N3O/c17-13-6-11(7-14(18)8-13)5-10-3-4-21(9-10)16-19-15(22-20-16)12-1-2-12/h6-8,10,12H,1-5,9H2. The van der Waals surface area contributed by atoms with Crippen molar-refractivity contribution in [3.8, 4) is 0 Å². The van der Waals surface area contributed by atoms with Gasteiger partial charge in [0.05, 0.1) is 0 Å². The van der Waals surface area contributed by atoms with Crippen molar-refractivity contribution in [1.29, 1.82) is 0 Å². The van der Waals surface area contributed by atoms with Crippen LogP contribution in [0.25, 0.3) is 0 Å². The van der Waals surface area contributed by atoms with Crippen molar-refractivity contribution < 1.29 is 13.3 Å². The summed E-state index contributed by atoms with van der Waals surface area (Å²) in [5.41, 5.74) is 0.705. The lowest BCUT2D eigenvalue weighted by Gasteiger charge is -2.13. The fraction of sp³-hybridized carbons (Fsp3) is 0.500. The highest BCUT2D eigenvalue weighted by atomic mass is 19.1. The summed E-state index contributed by atoms with van der Waals surface area (Å²) in [4.78, 5) is 6.55. The number of aromatic nitrogens is 2. The Hall–Kier alpha value is -1.98. The monoisotopic (exact) mass is 305 g/mol. The first-order chi connectivity index (χ1) is 10.7. The minimum Gasteiger partial charge on any atom is -0.338 e. The summed E-state index contributed by atoms with van der Waals surface area (Å²) >= 11 is 0. The van der Waals surface area contributed by atoms with Gasteiger partial charge in [0.15, 0.2) is 0 Å². The molecule has 4 nitrogen and oxygen atoms in total. The van der Waals surface area contributed by atoms with Crippen molar-refractivity contribution in [2.75, 3.05) is 18.0 Å². The zero-order valence-corrected chi connectivity index (χ0v) is 12.1. The van der Waals surface area contributed by atoms with Crippen LogP contribution in [0.1, 0.15) is 36.6 Å². The number of nitrogens with zero attached hydrogens (tertiary/aromatic N) is 3. The number of benzene rings is 1. The lowest BCUT2D eigenvalue weighted by atomic mass is 9.98. The SMILES string of the molecule is Fc1cc(F)cc(CC2CCN(c3noc(C4CC4)n3)C2)c1. The molecule has 1 atom stereocenters. The van der Waals surface area contributed by atoms with Crippen LogP contribution in [0, 0.1) is 17.6 Å². The Kier molecular flexibility index (Phi) is 3.32. The summed E-state index contributed by atoms with van der Waals surface area (Å²) in [6.45, 7) is 1.65. The molecule has 1 aliphatic carbocycles. The van der Waals surface area contributed by atoms with Crippen LogP contribution in [0.2, 0.25) is 0 Å². The summed E-state index contributed by atoms with van der Waals surface area (Å²) in [7, 11) is 0. The highest BCUT2D eigenvalue weighted by molar-refractivity contribution is 5.31. The smallest absolute Gasteiger partial charge is 0.266 e. The molecule has 0 N–H and O–H groups in total. The molecule has 2 fully saturated rings. The number of hydrogen-bond acceptors (Lipinski definition) is 4. The Balaban J connectivity index is 1.40. The quantitative estimate of drug-likeness (QED) is 0.869. The average Bonchev–Trinajstić information content (AvgIpc) is 3.01.